The molecule has 1 amide bonds. The second-order valence-corrected chi connectivity index (χ2v) is 6.57. The third kappa shape index (κ3) is 4.99. The monoisotopic (exact) mass is 372 g/mol. The van der Waals surface area contributed by atoms with E-state index in [1.165, 1.54) is 12.1 Å². The molecular formula is C19H25FN6O. The molecule has 0 spiro atoms. The Hall–Kier alpha value is -2.58. The Morgan fingerprint density at radius 2 is 2.04 bits per heavy atom. The molecular weight excluding hydrogens is 347 g/mol. The Bertz CT molecular complexity index is 782. The van der Waals surface area contributed by atoms with Gasteiger partial charge in [0.2, 0.25) is 5.91 Å². The third-order valence-electron chi connectivity index (χ3n) is 4.55. The Kier molecular flexibility index (Phi) is 6.31. The smallest absolute Gasteiger partial charge is 0.238 e. The number of halogens is 1. The molecule has 3 N–H and O–H groups in total. The van der Waals surface area contributed by atoms with Gasteiger partial charge in [0.1, 0.15) is 17.5 Å². The lowest BCUT2D eigenvalue weighted by Crippen LogP contribution is -2.33. The van der Waals surface area contributed by atoms with Crippen LogP contribution in [0.4, 0.5) is 15.9 Å². The van der Waals surface area contributed by atoms with E-state index in [0.717, 1.165) is 36.7 Å². The van der Waals surface area contributed by atoms with Gasteiger partial charge in [0.25, 0.3) is 0 Å². The molecule has 8 heteroatoms. The minimum atomic E-state index is -0.327. The number of amides is 1. The maximum atomic E-state index is 13.0. The van der Waals surface area contributed by atoms with Crippen LogP contribution in [0.1, 0.15) is 30.4 Å². The van der Waals surface area contributed by atoms with Crippen molar-refractivity contribution in [3.63, 3.8) is 0 Å². The number of nitrogens with one attached hydrogen (secondary N) is 3. The van der Waals surface area contributed by atoms with Crippen LogP contribution in [0.25, 0.3) is 0 Å². The van der Waals surface area contributed by atoms with E-state index >= 15 is 0 Å². The third-order valence-corrected chi connectivity index (χ3v) is 4.55. The van der Waals surface area contributed by atoms with Crippen LogP contribution in [0.2, 0.25) is 0 Å². The minimum absolute atomic E-state index is 0.00729. The number of aromatic nitrogens is 2. The van der Waals surface area contributed by atoms with E-state index in [0.29, 0.717) is 12.2 Å². The van der Waals surface area contributed by atoms with E-state index in [-0.39, 0.29) is 24.3 Å². The molecule has 1 fully saturated rings. The first-order chi connectivity index (χ1) is 13.1. The zero-order valence-electron chi connectivity index (χ0n) is 15.6. The van der Waals surface area contributed by atoms with Crippen LogP contribution in [0.5, 0.6) is 0 Å². The molecule has 3 rings (SSSR count). The van der Waals surface area contributed by atoms with Gasteiger partial charge in [-0.25, -0.2) is 14.4 Å². The second-order valence-electron chi connectivity index (χ2n) is 6.57. The summed E-state index contributed by atoms with van der Waals surface area (Å²) in [5.41, 5.74) is 1.50. The Morgan fingerprint density at radius 1 is 1.26 bits per heavy atom. The van der Waals surface area contributed by atoms with Crippen molar-refractivity contribution >= 4 is 17.4 Å². The van der Waals surface area contributed by atoms with E-state index in [1.807, 2.05) is 20.2 Å². The van der Waals surface area contributed by atoms with Crippen LogP contribution >= 0.6 is 0 Å². The zero-order chi connectivity index (χ0) is 19.2. The molecule has 0 bridgehead atoms. The summed E-state index contributed by atoms with van der Waals surface area (Å²) in [5, 5.41) is 8.99. The van der Waals surface area contributed by atoms with Crippen molar-refractivity contribution in [3.8, 4) is 0 Å². The minimum Gasteiger partial charge on any atom is -0.373 e. The van der Waals surface area contributed by atoms with Crippen LogP contribution < -0.4 is 16.0 Å². The number of carbonyl (C=O) groups excluding carboxylic acids is 1. The molecule has 2 aromatic rings. The highest BCUT2D eigenvalue weighted by molar-refractivity contribution is 5.92. The summed E-state index contributed by atoms with van der Waals surface area (Å²) >= 11 is 0. The van der Waals surface area contributed by atoms with Gasteiger partial charge in [0.15, 0.2) is 0 Å². The van der Waals surface area contributed by atoms with Gasteiger partial charge in [-0.15, -0.1) is 0 Å². The largest absolute Gasteiger partial charge is 0.373 e. The number of hydrogen-bond acceptors (Lipinski definition) is 6. The van der Waals surface area contributed by atoms with Crippen LogP contribution in [-0.4, -0.2) is 48.0 Å². The van der Waals surface area contributed by atoms with Gasteiger partial charge in [0.05, 0.1) is 18.3 Å². The molecule has 1 aromatic heterocycles. The number of carbonyl (C=O) groups is 1. The Labute approximate surface area is 158 Å². The highest BCUT2D eigenvalue weighted by Gasteiger charge is 2.30. The molecule has 1 aromatic carbocycles. The molecule has 0 aliphatic carbocycles. The molecule has 144 valence electrons. The predicted octanol–water partition coefficient (Wildman–Crippen LogP) is 2.15. The summed E-state index contributed by atoms with van der Waals surface area (Å²) in [5.74, 6) is 1.05. The SMILES string of the molecule is CNCc1cc(NC)nc([C@H]2CCCN2CC(=O)Nc2ccc(F)cc2)n1. The molecule has 2 heterocycles. The van der Waals surface area contributed by atoms with Crippen molar-refractivity contribution in [1.82, 2.24) is 20.2 Å². The van der Waals surface area contributed by atoms with E-state index in [2.05, 4.69) is 30.8 Å². The van der Waals surface area contributed by atoms with Crippen LogP contribution in [-0.2, 0) is 11.3 Å². The quantitative estimate of drug-likeness (QED) is 0.691. The van der Waals surface area contributed by atoms with Gasteiger partial charge in [-0.2, -0.15) is 0 Å². The fourth-order valence-electron chi connectivity index (χ4n) is 3.29. The fraction of sp³-hybridized carbons (Fsp3) is 0.421. The first-order valence-corrected chi connectivity index (χ1v) is 9.08. The van der Waals surface area contributed by atoms with Crippen molar-refractivity contribution in [3.05, 3.63) is 47.7 Å². The first-order valence-electron chi connectivity index (χ1n) is 9.08. The standard InChI is InChI=1S/C19H25FN6O/c1-21-11-15-10-17(22-2)25-19(24-15)16-4-3-9-26(16)12-18(27)23-14-7-5-13(20)6-8-14/h5-8,10,16,21H,3-4,9,11-12H2,1-2H3,(H,23,27)(H,22,24,25)/t16-/m1/s1. The van der Waals surface area contributed by atoms with E-state index in [1.54, 1.807) is 12.1 Å². The van der Waals surface area contributed by atoms with Crippen molar-refractivity contribution < 1.29 is 9.18 Å². The zero-order valence-corrected chi connectivity index (χ0v) is 15.6. The van der Waals surface area contributed by atoms with E-state index < -0.39 is 0 Å². The summed E-state index contributed by atoms with van der Waals surface area (Å²) in [7, 11) is 3.71. The van der Waals surface area contributed by atoms with Gasteiger partial charge < -0.3 is 16.0 Å². The summed E-state index contributed by atoms with van der Waals surface area (Å²) in [6, 6.07) is 7.69. The van der Waals surface area contributed by atoms with Gasteiger partial charge in [0, 0.05) is 25.3 Å². The maximum Gasteiger partial charge on any atom is 0.238 e. The van der Waals surface area contributed by atoms with Crippen molar-refractivity contribution in [2.45, 2.75) is 25.4 Å². The predicted molar refractivity (Wildman–Crippen MR) is 103 cm³/mol. The molecule has 7 nitrogen and oxygen atoms in total. The lowest BCUT2D eigenvalue weighted by Gasteiger charge is -2.23. The average Bonchev–Trinajstić information content (AvgIpc) is 3.11. The second kappa shape index (κ2) is 8.88. The molecule has 0 radical (unpaired) electrons. The normalized spacial score (nSPS) is 17.1. The van der Waals surface area contributed by atoms with Crippen LogP contribution in [0.15, 0.2) is 30.3 Å². The van der Waals surface area contributed by atoms with Crippen molar-refractivity contribution in [1.29, 1.82) is 0 Å². The van der Waals surface area contributed by atoms with Gasteiger partial charge in [-0.05, 0) is 50.7 Å². The number of likely N-dealkylation sites (tertiary alicyclic amines) is 1. The maximum absolute atomic E-state index is 13.0. The van der Waals surface area contributed by atoms with Gasteiger partial charge in [-0.3, -0.25) is 9.69 Å². The van der Waals surface area contributed by atoms with Crippen molar-refractivity contribution in [2.24, 2.45) is 0 Å². The molecule has 1 aliphatic heterocycles. The number of hydrogen-bond donors (Lipinski definition) is 3. The van der Waals surface area contributed by atoms with E-state index in [4.69, 9.17) is 0 Å². The lowest BCUT2D eigenvalue weighted by molar-refractivity contribution is -0.117. The Balaban J connectivity index is 1.70. The molecule has 27 heavy (non-hydrogen) atoms. The topological polar surface area (TPSA) is 82.2 Å². The number of rotatable bonds is 7. The van der Waals surface area contributed by atoms with Crippen LogP contribution in [0.3, 0.4) is 0 Å². The number of anilines is 2. The van der Waals surface area contributed by atoms with E-state index in [9.17, 15) is 9.18 Å². The molecule has 1 aliphatic rings. The summed E-state index contributed by atoms with van der Waals surface area (Å²) < 4.78 is 13.0. The highest BCUT2D eigenvalue weighted by Crippen LogP contribution is 2.30. The molecule has 1 atom stereocenters. The van der Waals surface area contributed by atoms with Crippen LogP contribution in [0, 0.1) is 5.82 Å². The fourth-order valence-corrected chi connectivity index (χ4v) is 3.29. The lowest BCUT2D eigenvalue weighted by atomic mass is 10.2. The number of nitrogens with zero attached hydrogens (tertiary/aromatic N) is 3. The summed E-state index contributed by atoms with van der Waals surface area (Å²) in [6.07, 6.45) is 1.90. The molecule has 0 unspecified atom stereocenters. The molecule has 0 saturated carbocycles. The first kappa shape index (κ1) is 19.2. The summed E-state index contributed by atoms with van der Waals surface area (Å²) in [6.45, 7) is 1.72. The Morgan fingerprint density at radius 3 is 2.74 bits per heavy atom. The number of benzene rings is 1. The van der Waals surface area contributed by atoms with Crippen molar-refractivity contribution in [2.75, 3.05) is 37.8 Å². The van der Waals surface area contributed by atoms with Gasteiger partial charge in [-0.1, -0.05) is 0 Å². The average molecular weight is 372 g/mol. The highest BCUT2D eigenvalue weighted by atomic mass is 19.1. The summed E-state index contributed by atoms with van der Waals surface area (Å²) in [4.78, 5) is 23.8. The van der Waals surface area contributed by atoms with Gasteiger partial charge >= 0.3 is 0 Å². The molecule has 1 saturated heterocycles.